The molecule has 0 bridgehead atoms. The summed E-state index contributed by atoms with van der Waals surface area (Å²) >= 11 is 0. The van der Waals surface area contributed by atoms with Crippen LogP contribution in [0.5, 0.6) is 17.2 Å². The molecule has 0 N–H and O–H groups in total. The molecule has 0 saturated heterocycles. The van der Waals surface area contributed by atoms with Crippen LogP contribution in [0.15, 0.2) is 12.1 Å². The minimum Gasteiger partial charge on any atom is -0.493 e. The summed E-state index contributed by atoms with van der Waals surface area (Å²) in [6, 6.07) is 3.13. The van der Waals surface area contributed by atoms with Crippen molar-refractivity contribution in [1.82, 2.24) is 0 Å². The van der Waals surface area contributed by atoms with Crippen LogP contribution < -0.4 is 14.2 Å². The Labute approximate surface area is 123 Å². The Morgan fingerprint density at radius 1 is 1.19 bits per heavy atom. The van der Waals surface area contributed by atoms with E-state index >= 15 is 0 Å². The zero-order valence-corrected chi connectivity index (χ0v) is 12.5. The van der Waals surface area contributed by atoms with Crippen molar-refractivity contribution >= 4 is 12.3 Å². The summed E-state index contributed by atoms with van der Waals surface area (Å²) in [5.74, 6) is 0.983. The summed E-state index contributed by atoms with van der Waals surface area (Å²) in [7, 11) is 2.97. The van der Waals surface area contributed by atoms with E-state index in [-0.39, 0.29) is 12.4 Å². The highest BCUT2D eigenvalue weighted by Crippen LogP contribution is 2.38. The number of carbonyl (C=O) groups is 2. The standard InChI is InChI=1S/C15H20O6/c1-4-20-14(17)6-5-7-21-13-9-11(10-16)8-12(18-2)15(13)19-3/h8-10H,4-7H2,1-3H3. The van der Waals surface area contributed by atoms with E-state index in [0.29, 0.717) is 48.7 Å². The van der Waals surface area contributed by atoms with Crippen LogP contribution in [0.2, 0.25) is 0 Å². The van der Waals surface area contributed by atoms with E-state index < -0.39 is 0 Å². The van der Waals surface area contributed by atoms with Crippen molar-refractivity contribution in [2.24, 2.45) is 0 Å². The lowest BCUT2D eigenvalue weighted by Gasteiger charge is -2.14. The number of hydrogen-bond acceptors (Lipinski definition) is 6. The number of hydrogen-bond donors (Lipinski definition) is 0. The molecular formula is C15H20O6. The molecule has 0 heterocycles. The van der Waals surface area contributed by atoms with E-state index in [9.17, 15) is 9.59 Å². The van der Waals surface area contributed by atoms with Crippen molar-refractivity contribution in [2.45, 2.75) is 19.8 Å². The van der Waals surface area contributed by atoms with Gasteiger partial charge in [-0.05, 0) is 25.5 Å². The van der Waals surface area contributed by atoms with Gasteiger partial charge in [-0.1, -0.05) is 0 Å². The summed E-state index contributed by atoms with van der Waals surface area (Å²) in [5, 5.41) is 0. The Morgan fingerprint density at radius 2 is 1.90 bits per heavy atom. The molecule has 1 rings (SSSR count). The van der Waals surface area contributed by atoms with Gasteiger partial charge in [0.1, 0.15) is 6.29 Å². The zero-order chi connectivity index (χ0) is 15.7. The SMILES string of the molecule is CCOC(=O)CCCOc1cc(C=O)cc(OC)c1OC. The molecule has 1 aromatic rings. The number of carbonyl (C=O) groups excluding carboxylic acids is 2. The second kappa shape index (κ2) is 8.84. The van der Waals surface area contributed by atoms with Crippen LogP contribution in [0, 0.1) is 0 Å². The molecule has 0 fully saturated rings. The Bertz CT molecular complexity index is 483. The average molecular weight is 296 g/mol. The molecule has 0 amide bonds. The number of aldehydes is 1. The van der Waals surface area contributed by atoms with E-state index in [0.717, 1.165) is 0 Å². The molecule has 116 valence electrons. The minimum atomic E-state index is -0.257. The highest BCUT2D eigenvalue weighted by Gasteiger charge is 2.14. The Hall–Kier alpha value is -2.24. The van der Waals surface area contributed by atoms with Crippen LogP contribution >= 0.6 is 0 Å². The summed E-state index contributed by atoms with van der Waals surface area (Å²) in [6.45, 7) is 2.43. The fourth-order valence-electron chi connectivity index (χ4n) is 1.76. The predicted octanol–water partition coefficient (Wildman–Crippen LogP) is 2.24. The van der Waals surface area contributed by atoms with Crippen LogP contribution in [0.4, 0.5) is 0 Å². The maximum Gasteiger partial charge on any atom is 0.305 e. The van der Waals surface area contributed by atoms with Crippen LogP contribution in [0.25, 0.3) is 0 Å². The highest BCUT2D eigenvalue weighted by molar-refractivity contribution is 5.78. The molecule has 0 spiro atoms. The van der Waals surface area contributed by atoms with E-state index in [1.165, 1.54) is 14.2 Å². The Balaban J connectivity index is 2.68. The largest absolute Gasteiger partial charge is 0.493 e. The van der Waals surface area contributed by atoms with Crippen molar-refractivity contribution in [3.63, 3.8) is 0 Å². The topological polar surface area (TPSA) is 71.1 Å². The second-order valence-electron chi connectivity index (χ2n) is 4.13. The number of ether oxygens (including phenoxy) is 4. The first-order valence-electron chi connectivity index (χ1n) is 6.65. The number of esters is 1. The number of benzene rings is 1. The van der Waals surface area contributed by atoms with E-state index in [2.05, 4.69) is 0 Å². The number of rotatable bonds is 9. The third-order valence-electron chi connectivity index (χ3n) is 2.69. The third-order valence-corrected chi connectivity index (χ3v) is 2.69. The molecule has 0 atom stereocenters. The third kappa shape index (κ3) is 4.98. The molecule has 6 nitrogen and oxygen atoms in total. The first-order chi connectivity index (χ1) is 10.2. The molecule has 0 aliphatic rings. The van der Waals surface area contributed by atoms with Gasteiger partial charge in [-0.3, -0.25) is 9.59 Å². The number of methoxy groups -OCH3 is 2. The van der Waals surface area contributed by atoms with Crippen molar-refractivity contribution in [2.75, 3.05) is 27.4 Å². The Morgan fingerprint density at radius 3 is 2.48 bits per heavy atom. The molecule has 0 aliphatic carbocycles. The smallest absolute Gasteiger partial charge is 0.305 e. The minimum absolute atomic E-state index is 0.257. The lowest BCUT2D eigenvalue weighted by Crippen LogP contribution is -2.07. The van der Waals surface area contributed by atoms with Gasteiger partial charge in [-0.15, -0.1) is 0 Å². The van der Waals surface area contributed by atoms with E-state index in [1.54, 1.807) is 19.1 Å². The van der Waals surface area contributed by atoms with Gasteiger partial charge in [-0.25, -0.2) is 0 Å². The fraction of sp³-hybridized carbons (Fsp3) is 0.467. The monoisotopic (exact) mass is 296 g/mol. The second-order valence-corrected chi connectivity index (χ2v) is 4.13. The molecular weight excluding hydrogens is 276 g/mol. The van der Waals surface area contributed by atoms with Gasteiger partial charge < -0.3 is 18.9 Å². The summed E-state index contributed by atoms with van der Waals surface area (Å²) in [6.07, 6.45) is 1.49. The van der Waals surface area contributed by atoms with Crippen LogP contribution in [-0.4, -0.2) is 39.7 Å². The molecule has 0 aliphatic heterocycles. The molecule has 0 unspecified atom stereocenters. The normalized spacial score (nSPS) is 9.86. The van der Waals surface area contributed by atoms with Gasteiger partial charge in [-0.2, -0.15) is 0 Å². The molecule has 0 saturated carbocycles. The molecule has 6 heteroatoms. The van der Waals surface area contributed by atoms with Gasteiger partial charge in [0.2, 0.25) is 5.75 Å². The van der Waals surface area contributed by atoms with Crippen molar-refractivity contribution in [3.05, 3.63) is 17.7 Å². The van der Waals surface area contributed by atoms with Crippen molar-refractivity contribution < 1.29 is 28.5 Å². The lowest BCUT2D eigenvalue weighted by atomic mass is 10.2. The summed E-state index contributed by atoms with van der Waals surface area (Å²) in [5.41, 5.74) is 0.424. The fourth-order valence-corrected chi connectivity index (χ4v) is 1.76. The quantitative estimate of drug-likeness (QED) is 0.395. The molecule has 0 radical (unpaired) electrons. The highest BCUT2D eigenvalue weighted by atomic mass is 16.5. The van der Waals surface area contributed by atoms with Crippen molar-refractivity contribution in [1.29, 1.82) is 0 Å². The van der Waals surface area contributed by atoms with Gasteiger partial charge in [0.05, 0.1) is 27.4 Å². The van der Waals surface area contributed by atoms with Gasteiger partial charge in [0, 0.05) is 12.0 Å². The van der Waals surface area contributed by atoms with Crippen molar-refractivity contribution in [3.8, 4) is 17.2 Å². The van der Waals surface area contributed by atoms with E-state index in [4.69, 9.17) is 18.9 Å². The first-order valence-corrected chi connectivity index (χ1v) is 6.65. The average Bonchev–Trinajstić information content (AvgIpc) is 2.50. The molecule has 0 aromatic heterocycles. The lowest BCUT2D eigenvalue weighted by molar-refractivity contribution is -0.143. The molecule has 21 heavy (non-hydrogen) atoms. The zero-order valence-electron chi connectivity index (χ0n) is 12.5. The van der Waals surface area contributed by atoms with Crippen LogP contribution in [0.1, 0.15) is 30.1 Å². The van der Waals surface area contributed by atoms with Gasteiger partial charge in [0.25, 0.3) is 0 Å². The summed E-state index contributed by atoms with van der Waals surface area (Å²) < 4.78 is 20.8. The van der Waals surface area contributed by atoms with Gasteiger partial charge in [0.15, 0.2) is 11.5 Å². The maximum absolute atomic E-state index is 11.2. The predicted molar refractivity (Wildman–Crippen MR) is 76.3 cm³/mol. The van der Waals surface area contributed by atoms with Gasteiger partial charge >= 0.3 is 5.97 Å². The summed E-state index contributed by atoms with van der Waals surface area (Å²) in [4.78, 5) is 22.1. The first kappa shape index (κ1) is 16.8. The maximum atomic E-state index is 11.2. The van der Waals surface area contributed by atoms with E-state index in [1.807, 2.05) is 0 Å². The molecule has 1 aromatic carbocycles. The van der Waals surface area contributed by atoms with Crippen LogP contribution in [-0.2, 0) is 9.53 Å². The Kier molecular flexibility index (Phi) is 7.08. The van der Waals surface area contributed by atoms with Crippen LogP contribution in [0.3, 0.4) is 0 Å².